The molecule has 30 heavy (non-hydrogen) atoms. The van der Waals surface area contributed by atoms with Gasteiger partial charge in [-0.25, -0.2) is 13.6 Å². The molecule has 0 fully saturated rings. The van der Waals surface area contributed by atoms with Crippen LogP contribution in [0.15, 0.2) is 53.4 Å². The third kappa shape index (κ3) is 7.53. The fourth-order valence-corrected chi connectivity index (χ4v) is 3.22. The Morgan fingerprint density at radius 3 is 2.43 bits per heavy atom. The monoisotopic (exact) mass is 432 g/mol. The number of ether oxygens (including phenoxy) is 2. The first-order chi connectivity index (χ1) is 14.3. The third-order valence-electron chi connectivity index (χ3n) is 4.32. The van der Waals surface area contributed by atoms with Crippen LogP contribution in [0.3, 0.4) is 0 Å². The van der Waals surface area contributed by atoms with E-state index in [2.05, 4.69) is 12.2 Å². The molecule has 0 radical (unpaired) electrons. The van der Waals surface area contributed by atoms with Crippen molar-refractivity contribution in [2.75, 3.05) is 19.0 Å². The molecule has 7 nitrogen and oxygen atoms in total. The minimum Gasteiger partial charge on any atom is -0.493 e. The van der Waals surface area contributed by atoms with Crippen LogP contribution in [0.2, 0.25) is 0 Å². The zero-order valence-corrected chi connectivity index (χ0v) is 18.1. The lowest BCUT2D eigenvalue weighted by Crippen LogP contribution is -2.12. The summed E-state index contributed by atoms with van der Waals surface area (Å²) in [6, 6.07) is 11.1. The Morgan fingerprint density at radius 1 is 1.07 bits per heavy atom. The van der Waals surface area contributed by atoms with Gasteiger partial charge < -0.3 is 14.8 Å². The second-order valence-corrected chi connectivity index (χ2v) is 8.27. The summed E-state index contributed by atoms with van der Waals surface area (Å²) in [6.07, 6.45) is 7.55. The molecule has 162 valence electrons. The van der Waals surface area contributed by atoms with Crippen LogP contribution in [0.25, 0.3) is 6.08 Å². The summed E-state index contributed by atoms with van der Waals surface area (Å²) >= 11 is 0. The van der Waals surface area contributed by atoms with Gasteiger partial charge in [0, 0.05) is 11.8 Å². The van der Waals surface area contributed by atoms with Crippen molar-refractivity contribution >= 4 is 27.7 Å². The summed E-state index contributed by atoms with van der Waals surface area (Å²) in [4.78, 5) is 12.1. The number of hydrogen-bond donors (Lipinski definition) is 2. The van der Waals surface area contributed by atoms with E-state index >= 15 is 0 Å². The van der Waals surface area contributed by atoms with Gasteiger partial charge in [0.2, 0.25) is 15.9 Å². The average Bonchev–Trinajstić information content (AvgIpc) is 2.72. The number of hydrogen-bond acceptors (Lipinski definition) is 5. The highest BCUT2D eigenvalue weighted by Gasteiger charge is 2.08. The Balaban J connectivity index is 1.95. The van der Waals surface area contributed by atoms with Crippen LogP contribution in [-0.4, -0.2) is 28.0 Å². The van der Waals surface area contributed by atoms with Gasteiger partial charge in [-0.2, -0.15) is 0 Å². The fraction of sp³-hybridized carbons (Fsp3) is 0.318. The molecule has 1 amide bonds. The zero-order valence-electron chi connectivity index (χ0n) is 17.3. The maximum Gasteiger partial charge on any atom is 0.248 e. The van der Waals surface area contributed by atoms with E-state index in [0.29, 0.717) is 23.8 Å². The lowest BCUT2D eigenvalue weighted by molar-refractivity contribution is -0.111. The number of unbranched alkanes of at least 4 members (excludes halogenated alkanes) is 3. The molecule has 0 aromatic heterocycles. The van der Waals surface area contributed by atoms with E-state index in [1.165, 1.54) is 43.2 Å². The van der Waals surface area contributed by atoms with Gasteiger partial charge in [0.15, 0.2) is 11.5 Å². The van der Waals surface area contributed by atoms with E-state index in [1.54, 1.807) is 19.3 Å². The van der Waals surface area contributed by atoms with Crippen LogP contribution in [0.1, 0.15) is 38.2 Å². The standard InChI is InChI=1S/C22H28N2O5S/c1-3-4-5-6-15-29-20-13-7-17(16-21(20)28-2)8-14-22(25)24-18-9-11-19(12-10-18)30(23,26)27/h7-14,16H,3-6,15H2,1-2H3,(H,24,25)(H2,23,26,27). The van der Waals surface area contributed by atoms with Crippen molar-refractivity contribution in [2.45, 2.75) is 37.5 Å². The molecule has 0 aliphatic heterocycles. The highest BCUT2D eigenvalue weighted by molar-refractivity contribution is 7.89. The van der Waals surface area contributed by atoms with Gasteiger partial charge in [0.05, 0.1) is 18.6 Å². The van der Waals surface area contributed by atoms with Crippen LogP contribution >= 0.6 is 0 Å². The number of nitrogens with one attached hydrogen (secondary N) is 1. The largest absolute Gasteiger partial charge is 0.493 e. The molecule has 2 rings (SSSR count). The first-order valence-corrected chi connectivity index (χ1v) is 11.3. The highest BCUT2D eigenvalue weighted by Crippen LogP contribution is 2.28. The lowest BCUT2D eigenvalue weighted by Gasteiger charge is -2.11. The van der Waals surface area contributed by atoms with Crippen molar-refractivity contribution in [2.24, 2.45) is 5.14 Å². The van der Waals surface area contributed by atoms with Crippen molar-refractivity contribution < 1.29 is 22.7 Å². The van der Waals surface area contributed by atoms with Crippen molar-refractivity contribution in [1.82, 2.24) is 0 Å². The molecular formula is C22H28N2O5S. The number of carbonyl (C=O) groups excluding carboxylic acids is 1. The van der Waals surface area contributed by atoms with Gasteiger partial charge in [-0.05, 0) is 54.5 Å². The quantitative estimate of drug-likeness (QED) is 0.413. The van der Waals surface area contributed by atoms with Crippen LogP contribution in [0.5, 0.6) is 11.5 Å². The maximum atomic E-state index is 12.1. The number of methoxy groups -OCH3 is 1. The van der Waals surface area contributed by atoms with E-state index in [4.69, 9.17) is 14.6 Å². The van der Waals surface area contributed by atoms with Crippen LogP contribution in [0, 0.1) is 0 Å². The van der Waals surface area contributed by atoms with Crippen molar-refractivity contribution in [1.29, 1.82) is 0 Å². The minimum atomic E-state index is -3.76. The Morgan fingerprint density at radius 2 is 1.80 bits per heavy atom. The molecule has 0 saturated heterocycles. The third-order valence-corrected chi connectivity index (χ3v) is 5.25. The summed E-state index contributed by atoms with van der Waals surface area (Å²) in [5, 5.41) is 7.71. The Hall–Kier alpha value is -2.84. The van der Waals surface area contributed by atoms with Crippen LogP contribution in [-0.2, 0) is 14.8 Å². The molecule has 0 bridgehead atoms. The van der Waals surface area contributed by atoms with E-state index < -0.39 is 10.0 Å². The Kier molecular flexibility index (Phi) is 8.89. The molecular weight excluding hydrogens is 404 g/mol. The second kappa shape index (κ2) is 11.4. The molecule has 2 aromatic rings. The number of sulfonamides is 1. The van der Waals surface area contributed by atoms with Gasteiger partial charge in [0.1, 0.15) is 0 Å². The van der Waals surface area contributed by atoms with Gasteiger partial charge in [-0.3, -0.25) is 4.79 Å². The number of primary sulfonamides is 1. The lowest BCUT2D eigenvalue weighted by atomic mass is 10.2. The van der Waals surface area contributed by atoms with Crippen molar-refractivity contribution in [3.63, 3.8) is 0 Å². The molecule has 0 spiro atoms. The zero-order chi connectivity index (χ0) is 22.0. The molecule has 0 heterocycles. The Labute approximate surface area is 177 Å². The van der Waals surface area contributed by atoms with E-state index in [9.17, 15) is 13.2 Å². The number of carbonyl (C=O) groups is 1. The predicted molar refractivity (Wildman–Crippen MR) is 118 cm³/mol. The SMILES string of the molecule is CCCCCCOc1ccc(C=CC(=O)Nc2ccc(S(N)(=O)=O)cc2)cc1OC. The topological polar surface area (TPSA) is 108 Å². The predicted octanol–water partition coefficient (Wildman–Crippen LogP) is 3.95. The van der Waals surface area contributed by atoms with Crippen LogP contribution in [0.4, 0.5) is 5.69 Å². The first kappa shape index (κ1) is 23.4. The summed E-state index contributed by atoms with van der Waals surface area (Å²) in [5.74, 6) is 0.922. The molecule has 0 aliphatic rings. The normalized spacial score (nSPS) is 11.4. The first-order valence-electron chi connectivity index (χ1n) is 9.76. The molecule has 0 atom stereocenters. The molecule has 2 aromatic carbocycles. The maximum absolute atomic E-state index is 12.1. The number of rotatable bonds is 11. The average molecular weight is 433 g/mol. The summed E-state index contributed by atoms with van der Waals surface area (Å²) < 4.78 is 33.7. The van der Waals surface area contributed by atoms with Crippen molar-refractivity contribution in [3.05, 3.63) is 54.1 Å². The molecule has 3 N–H and O–H groups in total. The number of amides is 1. The van der Waals surface area contributed by atoms with Crippen molar-refractivity contribution in [3.8, 4) is 11.5 Å². The minimum absolute atomic E-state index is 0.0178. The highest BCUT2D eigenvalue weighted by atomic mass is 32.2. The number of benzene rings is 2. The Bertz CT molecular complexity index is 970. The molecule has 0 unspecified atom stereocenters. The van der Waals surface area contributed by atoms with Gasteiger partial charge >= 0.3 is 0 Å². The fourth-order valence-electron chi connectivity index (χ4n) is 2.70. The smallest absolute Gasteiger partial charge is 0.248 e. The van der Waals surface area contributed by atoms with Gasteiger partial charge in [-0.15, -0.1) is 0 Å². The van der Waals surface area contributed by atoms with Gasteiger partial charge in [0.25, 0.3) is 0 Å². The van der Waals surface area contributed by atoms with E-state index in [0.717, 1.165) is 18.4 Å². The van der Waals surface area contributed by atoms with Crippen LogP contribution < -0.4 is 19.9 Å². The molecule has 0 aliphatic carbocycles. The van der Waals surface area contributed by atoms with E-state index in [1.807, 2.05) is 12.1 Å². The summed E-state index contributed by atoms with van der Waals surface area (Å²) in [6.45, 7) is 2.80. The number of nitrogens with two attached hydrogens (primary N) is 1. The summed E-state index contributed by atoms with van der Waals surface area (Å²) in [7, 11) is -2.19. The number of anilines is 1. The van der Waals surface area contributed by atoms with E-state index in [-0.39, 0.29) is 10.8 Å². The second-order valence-electron chi connectivity index (χ2n) is 6.71. The molecule has 8 heteroatoms. The van der Waals surface area contributed by atoms with Gasteiger partial charge in [-0.1, -0.05) is 32.3 Å². The summed E-state index contributed by atoms with van der Waals surface area (Å²) in [5.41, 5.74) is 1.24. The molecule has 0 saturated carbocycles.